The number of anilines is 3. The van der Waals surface area contributed by atoms with Crippen LogP contribution in [-0.2, 0) is 0 Å². The molecule has 12 heteroatoms. The molecular weight excluding hydrogens is 408 g/mol. The van der Waals surface area contributed by atoms with Crippen molar-refractivity contribution in [2.24, 2.45) is 0 Å². The molecule has 0 aliphatic heterocycles. The Morgan fingerprint density at radius 2 is 0.968 bits per heavy atom. The Kier molecular flexibility index (Phi) is 5.82. The van der Waals surface area contributed by atoms with Gasteiger partial charge in [-0.1, -0.05) is 0 Å². The van der Waals surface area contributed by atoms with Crippen LogP contribution in [0.2, 0.25) is 0 Å². The lowest BCUT2D eigenvalue weighted by Crippen LogP contribution is -2.31. The van der Waals surface area contributed by atoms with Crippen LogP contribution in [0.1, 0.15) is 0 Å². The normalized spacial score (nSPS) is 10.2. The summed E-state index contributed by atoms with van der Waals surface area (Å²) in [4.78, 5) is 32.4. The van der Waals surface area contributed by atoms with Gasteiger partial charge in [0, 0.05) is 53.5 Å². The van der Waals surface area contributed by atoms with Gasteiger partial charge in [0.2, 0.25) is 5.96 Å². The Morgan fingerprint density at radius 1 is 0.645 bits per heavy atom. The van der Waals surface area contributed by atoms with E-state index in [0.29, 0.717) is 17.1 Å². The van der Waals surface area contributed by atoms with Crippen molar-refractivity contribution in [1.82, 2.24) is 0 Å². The molecule has 0 atom stereocenters. The Morgan fingerprint density at radius 3 is 1.29 bits per heavy atom. The van der Waals surface area contributed by atoms with Crippen LogP contribution in [0.3, 0.4) is 0 Å². The summed E-state index contributed by atoms with van der Waals surface area (Å²) < 4.78 is 0. The van der Waals surface area contributed by atoms with Crippen molar-refractivity contribution in [2.75, 3.05) is 10.2 Å². The van der Waals surface area contributed by atoms with E-state index in [9.17, 15) is 30.3 Å². The van der Waals surface area contributed by atoms with Gasteiger partial charge in [0.05, 0.1) is 14.8 Å². The van der Waals surface area contributed by atoms with Crippen LogP contribution in [-0.4, -0.2) is 20.7 Å². The predicted octanol–water partition coefficient (Wildman–Crippen LogP) is 4.60. The summed E-state index contributed by atoms with van der Waals surface area (Å²) in [6.45, 7) is 0. The highest BCUT2D eigenvalue weighted by molar-refractivity contribution is 6.08. The minimum atomic E-state index is -0.555. The fourth-order valence-electron chi connectivity index (χ4n) is 2.71. The molecule has 3 aromatic rings. The molecule has 0 aromatic heterocycles. The predicted molar refractivity (Wildman–Crippen MR) is 113 cm³/mol. The summed E-state index contributed by atoms with van der Waals surface area (Å²) in [5.41, 5.74) is 0.784. The van der Waals surface area contributed by atoms with Gasteiger partial charge < -0.3 is 5.32 Å². The highest BCUT2D eigenvalue weighted by Crippen LogP contribution is 2.29. The standard InChI is InChI=1S/C19H14N6O6/c20-19(21-13-1-3-16(4-2-13)23(26)27)22(14-5-9-17(10-6-14)24(28)29)15-7-11-18(12-8-15)25(30)31/h1-12H,(H2,20,21). The lowest BCUT2D eigenvalue weighted by molar-refractivity contribution is -0.385. The molecular formula is C19H14N6O6. The molecule has 0 amide bonds. The molecule has 0 aliphatic carbocycles. The highest BCUT2D eigenvalue weighted by Gasteiger charge is 2.18. The maximum absolute atomic E-state index is 10.9. The molecule has 0 spiro atoms. The summed E-state index contributed by atoms with van der Waals surface area (Å²) >= 11 is 0. The van der Waals surface area contributed by atoms with Gasteiger partial charge in [-0.3, -0.25) is 40.7 Å². The molecule has 31 heavy (non-hydrogen) atoms. The van der Waals surface area contributed by atoms with E-state index >= 15 is 0 Å². The molecule has 0 fully saturated rings. The molecule has 0 saturated heterocycles. The molecule has 0 heterocycles. The number of nitro groups is 3. The molecule has 0 bridgehead atoms. The van der Waals surface area contributed by atoms with Crippen molar-refractivity contribution in [3.63, 3.8) is 0 Å². The van der Waals surface area contributed by atoms with Crippen molar-refractivity contribution >= 4 is 40.1 Å². The van der Waals surface area contributed by atoms with Crippen LogP contribution >= 0.6 is 0 Å². The Labute approximate surface area is 174 Å². The summed E-state index contributed by atoms with van der Waals surface area (Å²) in [6, 6.07) is 16.2. The van der Waals surface area contributed by atoms with Crippen molar-refractivity contribution in [3.05, 3.63) is 103 Å². The molecule has 3 rings (SSSR count). The molecule has 12 nitrogen and oxygen atoms in total. The second-order valence-corrected chi connectivity index (χ2v) is 6.16. The maximum Gasteiger partial charge on any atom is 0.269 e. The van der Waals surface area contributed by atoms with Crippen LogP contribution in [0.4, 0.5) is 34.1 Å². The number of hydrogen-bond acceptors (Lipinski definition) is 7. The number of nitrogens with zero attached hydrogens (tertiary/aromatic N) is 4. The van der Waals surface area contributed by atoms with E-state index in [2.05, 4.69) is 5.32 Å². The third-order valence-electron chi connectivity index (χ3n) is 4.20. The zero-order valence-corrected chi connectivity index (χ0v) is 15.7. The first kappa shape index (κ1) is 20.9. The summed E-state index contributed by atoms with van der Waals surface area (Å²) in [5.74, 6) is -0.184. The van der Waals surface area contributed by atoms with E-state index in [1.807, 2.05) is 0 Å². The van der Waals surface area contributed by atoms with Gasteiger partial charge in [0.25, 0.3) is 17.1 Å². The SMILES string of the molecule is N=C(Nc1ccc([N+](=O)[O-])cc1)N(c1ccc([N+](=O)[O-])cc1)c1ccc([N+](=O)[O-])cc1. The summed E-state index contributed by atoms with van der Waals surface area (Å²) in [5, 5.41) is 43.9. The minimum absolute atomic E-state index is 0.111. The number of rotatable bonds is 6. The quantitative estimate of drug-likeness (QED) is 0.251. The summed E-state index contributed by atoms with van der Waals surface area (Å²) in [7, 11) is 0. The second-order valence-electron chi connectivity index (χ2n) is 6.16. The van der Waals surface area contributed by atoms with Crippen molar-refractivity contribution < 1.29 is 14.8 Å². The van der Waals surface area contributed by atoms with Gasteiger partial charge in [0.1, 0.15) is 0 Å². The molecule has 156 valence electrons. The van der Waals surface area contributed by atoms with Gasteiger partial charge in [-0.25, -0.2) is 0 Å². The molecule has 0 radical (unpaired) electrons. The van der Waals surface area contributed by atoms with Gasteiger partial charge in [-0.2, -0.15) is 0 Å². The second kappa shape index (κ2) is 8.65. The van der Waals surface area contributed by atoms with Crippen molar-refractivity contribution in [2.45, 2.75) is 0 Å². The Balaban J connectivity index is 1.95. The van der Waals surface area contributed by atoms with Crippen LogP contribution in [0.25, 0.3) is 0 Å². The molecule has 0 saturated carbocycles. The first-order chi connectivity index (χ1) is 14.8. The van der Waals surface area contributed by atoms with Crippen molar-refractivity contribution in [1.29, 1.82) is 5.41 Å². The first-order valence-electron chi connectivity index (χ1n) is 8.65. The molecule has 2 N–H and O–H groups in total. The fourth-order valence-corrected chi connectivity index (χ4v) is 2.71. The van der Waals surface area contributed by atoms with Crippen LogP contribution in [0, 0.1) is 35.8 Å². The Bertz CT molecular complexity index is 1090. The van der Waals surface area contributed by atoms with Crippen LogP contribution in [0.5, 0.6) is 0 Å². The average Bonchev–Trinajstić information content (AvgIpc) is 2.75. The van der Waals surface area contributed by atoms with Crippen molar-refractivity contribution in [3.8, 4) is 0 Å². The largest absolute Gasteiger partial charge is 0.326 e. The van der Waals surface area contributed by atoms with Gasteiger partial charge in [-0.05, 0) is 36.4 Å². The monoisotopic (exact) mass is 422 g/mol. The number of hydrogen-bond donors (Lipinski definition) is 2. The average molecular weight is 422 g/mol. The van der Waals surface area contributed by atoms with E-state index in [0.717, 1.165) is 0 Å². The number of guanidine groups is 1. The minimum Gasteiger partial charge on any atom is -0.326 e. The first-order valence-corrected chi connectivity index (χ1v) is 8.65. The number of non-ortho nitro benzene ring substituents is 3. The molecule has 0 unspecified atom stereocenters. The molecule has 3 aromatic carbocycles. The van der Waals surface area contributed by atoms with Gasteiger partial charge in [-0.15, -0.1) is 0 Å². The van der Waals surface area contributed by atoms with E-state index in [4.69, 9.17) is 5.41 Å². The topological polar surface area (TPSA) is 169 Å². The lowest BCUT2D eigenvalue weighted by Gasteiger charge is -2.26. The summed E-state index contributed by atoms with van der Waals surface area (Å²) in [6.07, 6.45) is 0. The van der Waals surface area contributed by atoms with E-state index in [-0.39, 0.29) is 23.0 Å². The maximum atomic E-state index is 10.9. The zero-order chi connectivity index (χ0) is 22.5. The zero-order valence-electron chi connectivity index (χ0n) is 15.7. The van der Waals surface area contributed by atoms with E-state index < -0.39 is 14.8 Å². The fraction of sp³-hybridized carbons (Fsp3) is 0. The lowest BCUT2D eigenvalue weighted by atomic mass is 10.2. The third kappa shape index (κ3) is 4.76. The van der Waals surface area contributed by atoms with E-state index in [1.54, 1.807) is 0 Å². The Hall–Kier alpha value is -4.87. The van der Waals surface area contributed by atoms with Crippen LogP contribution < -0.4 is 10.2 Å². The number of nitro benzene ring substituents is 3. The van der Waals surface area contributed by atoms with Crippen LogP contribution in [0.15, 0.2) is 72.8 Å². The third-order valence-corrected chi connectivity index (χ3v) is 4.20. The highest BCUT2D eigenvalue weighted by atomic mass is 16.6. The smallest absolute Gasteiger partial charge is 0.269 e. The number of benzene rings is 3. The van der Waals surface area contributed by atoms with Gasteiger partial charge in [0.15, 0.2) is 0 Å². The molecule has 0 aliphatic rings. The van der Waals surface area contributed by atoms with Gasteiger partial charge >= 0.3 is 0 Å². The van der Waals surface area contributed by atoms with E-state index in [1.165, 1.54) is 77.7 Å². The number of nitrogens with one attached hydrogen (secondary N) is 2.